The minimum atomic E-state index is 0.154. The number of fused-ring (bicyclic) bond motifs is 1. The van der Waals surface area contributed by atoms with Crippen LogP contribution in [-0.2, 0) is 5.41 Å². The van der Waals surface area contributed by atoms with Crippen LogP contribution in [0, 0.1) is 11.3 Å². The van der Waals surface area contributed by atoms with E-state index in [-0.39, 0.29) is 5.41 Å². The van der Waals surface area contributed by atoms with Crippen LogP contribution >= 0.6 is 0 Å². The normalized spacial score (nSPS) is 29.1. The molecule has 0 spiro atoms. The van der Waals surface area contributed by atoms with Crippen LogP contribution in [-0.4, -0.2) is 38.8 Å². The Balaban J connectivity index is 2.00. The predicted octanol–water partition coefficient (Wildman–Crippen LogP) is 3.28. The molecule has 1 saturated carbocycles. The van der Waals surface area contributed by atoms with Crippen molar-refractivity contribution in [3.05, 3.63) is 35.4 Å². The Morgan fingerprint density at radius 3 is 2.74 bits per heavy atom. The maximum Gasteiger partial charge on any atom is 0.161 e. The number of likely N-dealkylation sites (N-methyl/N-ethyl adjacent to an activating group) is 1. The molecule has 1 aromatic carbocycles. The molecule has 2 aliphatic rings. The number of methoxy groups -OCH3 is 2. The molecule has 23 heavy (non-hydrogen) atoms. The quantitative estimate of drug-likeness (QED) is 0.804. The molecule has 1 heterocycles. The Morgan fingerprint density at radius 1 is 1.26 bits per heavy atom. The summed E-state index contributed by atoms with van der Waals surface area (Å²) < 4.78 is 10.9. The second kappa shape index (κ2) is 6.25. The molecular weight excluding hydrogens is 288 g/mol. The molecular formula is C19H24N2O2. The number of nitrogens with zero attached hydrogens (tertiary/aromatic N) is 2. The van der Waals surface area contributed by atoms with E-state index in [1.807, 2.05) is 6.07 Å². The van der Waals surface area contributed by atoms with Gasteiger partial charge in [0.15, 0.2) is 11.5 Å². The summed E-state index contributed by atoms with van der Waals surface area (Å²) in [5, 5.41) is 8.96. The van der Waals surface area contributed by atoms with Gasteiger partial charge < -0.3 is 14.4 Å². The number of allylic oxidation sites excluding steroid dienone is 1. The number of rotatable bonds is 3. The van der Waals surface area contributed by atoms with E-state index >= 15 is 0 Å². The fourth-order valence-electron chi connectivity index (χ4n) is 4.35. The first-order valence-corrected chi connectivity index (χ1v) is 8.15. The van der Waals surface area contributed by atoms with Crippen molar-refractivity contribution < 1.29 is 9.47 Å². The van der Waals surface area contributed by atoms with Gasteiger partial charge in [0.1, 0.15) is 0 Å². The van der Waals surface area contributed by atoms with Gasteiger partial charge in [-0.1, -0.05) is 11.6 Å². The van der Waals surface area contributed by atoms with Crippen molar-refractivity contribution in [2.45, 2.75) is 37.1 Å². The molecule has 1 aliphatic heterocycles. The highest BCUT2D eigenvalue weighted by Crippen LogP contribution is 2.50. The third-order valence-electron chi connectivity index (χ3n) is 5.66. The van der Waals surface area contributed by atoms with Crippen molar-refractivity contribution in [2.75, 3.05) is 27.8 Å². The summed E-state index contributed by atoms with van der Waals surface area (Å²) in [6.45, 7) is 1.10. The number of hydrogen-bond donors (Lipinski definition) is 0. The number of likely N-dealkylation sites (tertiary alicyclic amines) is 1. The minimum Gasteiger partial charge on any atom is -0.493 e. The van der Waals surface area contributed by atoms with Crippen molar-refractivity contribution in [1.29, 1.82) is 5.26 Å². The summed E-state index contributed by atoms with van der Waals surface area (Å²) in [5.74, 6) is 1.57. The molecule has 0 N–H and O–H groups in total. The Bertz CT molecular complexity index is 662. The van der Waals surface area contributed by atoms with E-state index in [2.05, 4.69) is 30.1 Å². The number of benzene rings is 1. The number of nitriles is 1. The van der Waals surface area contributed by atoms with Crippen LogP contribution in [0.2, 0.25) is 0 Å². The summed E-state index contributed by atoms with van der Waals surface area (Å²) in [7, 11) is 5.55. The number of hydrogen-bond acceptors (Lipinski definition) is 4. The van der Waals surface area contributed by atoms with E-state index in [0.717, 1.165) is 43.7 Å². The molecule has 0 radical (unpaired) electrons. The molecule has 2 fully saturated rings. The lowest BCUT2D eigenvalue weighted by atomic mass is 9.65. The second-order valence-corrected chi connectivity index (χ2v) is 6.61. The first-order chi connectivity index (χ1) is 11.1. The van der Waals surface area contributed by atoms with Crippen molar-refractivity contribution in [3.8, 4) is 17.6 Å². The first kappa shape index (κ1) is 15.9. The van der Waals surface area contributed by atoms with Crippen LogP contribution in [0.4, 0.5) is 0 Å². The molecule has 1 aromatic rings. The third kappa shape index (κ3) is 2.60. The Morgan fingerprint density at radius 2 is 2.04 bits per heavy atom. The molecule has 2 atom stereocenters. The molecule has 0 aromatic heterocycles. The minimum absolute atomic E-state index is 0.154. The van der Waals surface area contributed by atoms with E-state index < -0.39 is 0 Å². The molecule has 4 nitrogen and oxygen atoms in total. The van der Waals surface area contributed by atoms with Gasteiger partial charge in [0.25, 0.3) is 0 Å². The molecule has 0 bridgehead atoms. The summed E-state index contributed by atoms with van der Waals surface area (Å²) in [4.78, 5) is 2.45. The van der Waals surface area contributed by atoms with Crippen LogP contribution in [0.25, 0.3) is 0 Å². The van der Waals surface area contributed by atoms with Gasteiger partial charge in [-0.3, -0.25) is 0 Å². The molecule has 1 saturated heterocycles. The lowest BCUT2D eigenvalue weighted by Gasteiger charge is -2.42. The van der Waals surface area contributed by atoms with E-state index in [0.29, 0.717) is 6.04 Å². The van der Waals surface area contributed by atoms with Crippen molar-refractivity contribution in [2.24, 2.45) is 0 Å². The Labute approximate surface area is 138 Å². The van der Waals surface area contributed by atoms with Crippen LogP contribution in [0.5, 0.6) is 11.5 Å². The topological polar surface area (TPSA) is 45.5 Å². The lowest BCUT2D eigenvalue weighted by Crippen LogP contribution is -2.44. The SMILES string of the molecule is COc1ccc([C@@]23CC/C(=C/C#N)C[C@@H]2N(C)CC3)cc1OC. The van der Waals surface area contributed by atoms with E-state index in [1.165, 1.54) is 11.1 Å². The van der Waals surface area contributed by atoms with Crippen molar-refractivity contribution >= 4 is 0 Å². The van der Waals surface area contributed by atoms with Gasteiger partial charge in [-0.25, -0.2) is 0 Å². The van der Waals surface area contributed by atoms with Gasteiger partial charge in [0, 0.05) is 17.5 Å². The monoisotopic (exact) mass is 312 g/mol. The predicted molar refractivity (Wildman–Crippen MR) is 89.8 cm³/mol. The molecule has 0 unspecified atom stereocenters. The third-order valence-corrected chi connectivity index (χ3v) is 5.66. The largest absolute Gasteiger partial charge is 0.493 e. The van der Waals surface area contributed by atoms with Gasteiger partial charge in [0.2, 0.25) is 0 Å². The maximum absolute atomic E-state index is 8.96. The Hall–Kier alpha value is -1.99. The smallest absolute Gasteiger partial charge is 0.161 e. The molecule has 3 rings (SSSR count). The van der Waals surface area contributed by atoms with Gasteiger partial charge in [-0.15, -0.1) is 0 Å². The van der Waals surface area contributed by atoms with Gasteiger partial charge >= 0.3 is 0 Å². The van der Waals surface area contributed by atoms with Crippen molar-refractivity contribution in [1.82, 2.24) is 4.90 Å². The summed E-state index contributed by atoms with van der Waals surface area (Å²) in [6.07, 6.45) is 5.98. The fraction of sp³-hybridized carbons (Fsp3) is 0.526. The van der Waals surface area contributed by atoms with Crippen LogP contribution in [0.1, 0.15) is 31.2 Å². The van der Waals surface area contributed by atoms with Gasteiger partial charge in [-0.05, 0) is 57.0 Å². The zero-order chi connectivity index (χ0) is 16.4. The first-order valence-electron chi connectivity index (χ1n) is 8.15. The fourth-order valence-corrected chi connectivity index (χ4v) is 4.35. The van der Waals surface area contributed by atoms with E-state index in [9.17, 15) is 0 Å². The zero-order valence-corrected chi connectivity index (χ0v) is 14.1. The Kier molecular flexibility index (Phi) is 4.32. The average molecular weight is 312 g/mol. The van der Waals surface area contributed by atoms with Crippen LogP contribution in [0.3, 0.4) is 0 Å². The highest BCUT2D eigenvalue weighted by Gasteiger charge is 2.49. The maximum atomic E-state index is 8.96. The standard InChI is InChI=1S/C19H24N2O2/c1-21-11-9-19(8-6-14(7-10-20)12-18(19)21)15-4-5-16(22-2)17(13-15)23-3/h4-5,7,13,18H,6,8-9,11-12H2,1-3H3/b14-7-/t18-,19-/m0/s1. The van der Waals surface area contributed by atoms with Crippen LogP contribution in [0.15, 0.2) is 29.8 Å². The van der Waals surface area contributed by atoms with E-state index in [4.69, 9.17) is 14.7 Å². The molecule has 122 valence electrons. The second-order valence-electron chi connectivity index (χ2n) is 6.61. The average Bonchev–Trinajstić information content (AvgIpc) is 2.92. The zero-order valence-electron chi connectivity index (χ0n) is 14.1. The lowest BCUT2D eigenvalue weighted by molar-refractivity contribution is 0.208. The number of ether oxygens (including phenoxy) is 2. The van der Waals surface area contributed by atoms with Crippen molar-refractivity contribution in [3.63, 3.8) is 0 Å². The molecule has 4 heteroatoms. The summed E-state index contributed by atoms with van der Waals surface area (Å²) in [6, 6.07) is 9.00. The van der Waals surface area contributed by atoms with E-state index in [1.54, 1.807) is 20.3 Å². The molecule has 0 amide bonds. The summed E-state index contributed by atoms with van der Waals surface area (Å²) >= 11 is 0. The van der Waals surface area contributed by atoms with Gasteiger partial charge in [0.05, 0.1) is 20.3 Å². The highest BCUT2D eigenvalue weighted by molar-refractivity contribution is 5.47. The highest BCUT2D eigenvalue weighted by atomic mass is 16.5. The molecule has 1 aliphatic carbocycles. The summed E-state index contributed by atoms with van der Waals surface area (Å²) in [5.41, 5.74) is 2.77. The van der Waals surface area contributed by atoms with Crippen LogP contribution < -0.4 is 9.47 Å². The van der Waals surface area contributed by atoms with Gasteiger partial charge in [-0.2, -0.15) is 5.26 Å².